The van der Waals surface area contributed by atoms with E-state index in [0.29, 0.717) is 36.1 Å². The van der Waals surface area contributed by atoms with Gasteiger partial charge in [-0.15, -0.1) is 0 Å². The van der Waals surface area contributed by atoms with Crippen molar-refractivity contribution in [3.63, 3.8) is 0 Å². The summed E-state index contributed by atoms with van der Waals surface area (Å²) in [7, 11) is 3.15. The molecule has 110 valence electrons. The van der Waals surface area contributed by atoms with Gasteiger partial charge in [0.05, 0.1) is 19.8 Å². The van der Waals surface area contributed by atoms with Crippen molar-refractivity contribution < 1.29 is 14.3 Å². The van der Waals surface area contributed by atoms with Gasteiger partial charge in [-0.3, -0.25) is 4.79 Å². The third-order valence-electron chi connectivity index (χ3n) is 3.89. The predicted molar refractivity (Wildman–Crippen MR) is 77.2 cm³/mol. The van der Waals surface area contributed by atoms with Gasteiger partial charge >= 0.3 is 0 Å². The second-order valence-corrected chi connectivity index (χ2v) is 5.21. The zero-order chi connectivity index (χ0) is 14.7. The number of nitrogens with two attached hydrogens (primary N) is 1. The van der Waals surface area contributed by atoms with Gasteiger partial charge in [0.25, 0.3) is 5.91 Å². The van der Waals surface area contributed by atoms with E-state index in [2.05, 4.69) is 6.92 Å². The highest BCUT2D eigenvalue weighted by atomic mass is 16.5. The first-order chi connectivity index (χ1) is 9.60. The Morgan fingerprint density at radius 1 is 1.40 bits per heavy atom. The fourth-order valence-electron chi connectivity index (χ4n) is 2.73. The largest absolute Gasteiger partial charge is 0.497 e. The van der Waals surface area contributed by atoms with E-state index in [0.717, 1.165) is 6.42 Å². The van der Waals surface area contributed by atoms with Gasteiger partial charge in [0.2, 0.25) is 0 Å². The molecule has 2 unspecified atom stereocenters. The molecule has 2 rings (SSSR count). The Hall–Kier alpha value is -1.75. The van der Waals surface area contributed by atoms with Crippen molar-refractivity contribution >= 4 is 5.91 Å². The van der Waals surface area contributed by atoms with Crippen LogP contribution in [-0.4, -0.2) is 44.2 Å². The molecule has 1 aromatic carbocycles. The smallest absolute Gasteiger partial charge is 0.257 e. The first-order valence-electron chi connectivity index (χ1n) is 6.83. The van der Waals surface area contributed by atoms with Crippen molar-refractivity contribution in [2.45, 2.75) is 19.4 Å². The van der Waals surface area contributed by atoms with Crippen LogP contribution in [0.15, 0.2) is 18.2 Å². The van der Waals surface area contributed by atoms with Crippen molar-refractivity contribution in [2.75, 3.05) is 27.3 Å². The highest BCUT2D eigenvalue weighted by Gasteiger charge is 2.33. The monoisotopic (exact) mass is 278 g/mol. The molecule has 0 radical (unpaired) electrons. The van der Waals surface area contributed by atoms with Gasteiger partial charge in [0.15, 0.2) is 0 Å². The topological polar surface area (TPSA) is 64.8 Å². The number of rotatable bonds is 4. The number of hydrogen-bond donors (Lipinski definition) is 1. The maximum absolute atomic E-state index is 12.7. The number of likely N-dealkylation sites (tertiary alicyclic amines) is 1. The molecule has 1 aliphatic rings. The molecule has 0 aromatic heterocycles. The van der Waals surface area contributed by atoms with Crippen LogP contribution in [0.1, 0.15) is 23.7 Å². The number of amides is 1. The Kier molecular flexibility index (Phi) is 4.49. The van der Waals surface area contributed by atoms with Gasteiger partial charge in [-0.05, 0) is 37.9 Å². The van der Waals surface area contributed by atoms with Crippen molar-refractivity contribution in [1.29, 1.82) is 0 Å². The molecule has 2 N–H and O–H groups in total. The summed E-state index contributed by atoms with van der Waals surface area (Å²) in [5.41, 5.74) is 6.28. The van der Waals surface area contributed by atoms with E-state index < -0.39 is 0 Å². The fraction of sp³-hybridized carbons (Fsp3) is 0.533. The lowest BCUT2D eigenvalue weighted by atomic mass is 10.1. The zero-order valence-corrected chi connectivity index (χ0v) is 12.3. The minimum Gasteiger partial charge on any atom is -0.497 e. The molecule has 5 nitrogen and oxygen atoms in total. The number of nitrogens with zero attached hydrogens (tertiary/aromatic N) is 1. The lowest BCUT2D eigenvalue weighted by molar-refractivity contribution is 0.0740. The third-order valence-corrected chi connectivity index (χ3v) is 3.89. The lowest BCUT2D eigenvalue weighted by Crippen LogP contribution is -2.34. The summed E-state index contributed by atoms with van der Waals surface area (Å²) >= 11 is 0. The van der Waals surface area contributed by atoms with Crippen LogP contribution in [0.2, 0.25) is 0 Å². The van der Waals surface area contributed by atoms with E-state index >= 15 is 0 Å². The van der Waals surface area contributed by atoms with Gasteiger partial charge in [-0.2, -0.15) is 0 Å². The van der Waals surface area contributed by atoms with Crippen molar-refractivity contribution in [3.05, 3.63) is 23.8 Å². The van der Waals surface area contributed by atoms with Gasteiger partial charge in [-0.1, -0.05) is 0 Å². The fourth-order valence-corrected chi connectivity index (χ4v) is 2.73. The number of benzene rings is 1. The van der Waals surface area contributed by atoms with Crippen LogP contribution < -0.4 is 15.2 Å². The maximum Gasteiger partial charge on any atom is 0.257 e. The first kappa shape index (κ1) is 14.7. The summed E-state index contributed by atoms with van der Waals surface area (Å²) in [5.74, 6) is 1.59. The summed E-state index contributed by atoms with van der Waals surface area (Å²) in [6.07, 6.45) is 0.959. The molecule has 0 spiro atoms. The molecule has 1 heterocycles. The molecule has 1 aliphatic heterocycles. The molecule has 1 amide bonds. The Morgan fingerprint density at radius 3 is 2.70 bits per heavy atom. The normalized spacial score (nSPS) is 21.9. The Morgan fingerprint density at radius 2 is 2.15 bits per heavy atom. The highest BCUT2D eigenvalue weighted by molar-refractivity contribution is 5.97. The van der Waals surface area contributed by atoms with Crippen molar-refractivity contribution in [1.82, 2.24) is 4.90 Å². The average Bonchev–Trinajstić information content (AvgIpc) is 2.86. The molecule has 0 aliphatic carbocycles. The molecule has 1 saturated heterocycles. The SMILES string of the molecule is COc1ccc(C(=O)N2CC(CN)CC2C)c(OC)c1. The molecule has 0 saturated carbocycles. The first-order valence-corrected chi connectivity index (χ1v) is 6.83. The van der Waals surface area contributed by atoms with Gasteiger partial charge in [0, 0.05) is 18.7 Å². The van der Waals surface area contributed by atoms with E-state index in [1.807, 2.05) is 4.90 Å². The number of carbonyl (C=O) groups excluding carboxylic acids is 1. The second kappa shape index (κ2) is 6.13. The molecular weight excluding hydrogens is 256 g/mol. The molecule has 2 atom stereocenters. The quantitative estimate of drug-likeness (QED) is 0.906. The summed E-state index contributed by atoms with van der Waals surface area (Å²) in [4.78, 5) is 14.5. The van der Waals surface area contributed by atoms with Crippen LogP contribution in [0.5, 0.6) is 11.5 Å². The van der Waals surface area contributed by atoms with E-state index in [4.69, 9.17) is 15.2 Å². The molecular formula is C15H22N2O3. The van der Waals surface area contributed by atoms with E-state index in [-0.39, 0.29) is 11.9 Å². The summed E-state index contributed by atoms with van der Waals surface area (Å²) in [5, 5.41) is 0. The number of methoxy groups -OCH3 is 2. The standard InChI is InChI=1S/C15H22N2O3/c1-10-6-11(8-16)9-17(10)15(18)13-5-4-12(19-2)7-14(13)20-3/h4-5,7,10-11H,6,8-9,16H2,1-3H3. The van der Waals surface area contributed by atoms with Crippen molar-refractivity contribution in [3.8, 4) is 11.5 Å². The van der Waals surface area contributed by atoms with Crippen LogP contribution >= 0.6 is 0 Å². The van der Waals surface area contributed by atoms with Crippen LogP contribution in [0, 0.1) is 5.92 Å². The van der Waals surface area contributed by atoms with Crippen LogP contribution in [-0.2, 0) is 0 Å². The van der Waals surface area contributed by atoms with Crippen LogP contribution in [0.3, 0.4) is 0 Å². The van der Waals surface area contributed by atoms with E-state index in [1.54, 1.807) is 32.4 Å². The predicted octanol–water partition coefficient (Wildman–Crippen LogP) is 1.51. The molecule has 0 bridgehead atoms. The third kappa shape index (κ3) is 2.72. The van der Waals surface area contributed by atoms with Gasteiger partial charge < -0.3 is 20.1 Å². The lowest BCUT2D eigenvalue weighted by Gasteiger charge is -2.22. The van der Waals surface area contributed by atoms with Crippen molar-refractivity contribution in [2.24, 2.45) is 11.7 Å². The van der Waals surface area contributed by atoms with Gasteiger partial charge in [0.1, 0.15) is 11.5 Å². The van der Waals surface area contributed by atoms with E-state index in [9.17, 15) is 4.79 Å². The average molecular weight is 278 g/mol. The zero-order valence-electron chi connectivity index (χ0n) is 12.3. The molecule has 5 heteroatoms. The minimum atomic E-state index is -0.00652. The van der Waals surface area contributed by atoms with Gasteiger partial charge in [-0.25, -0.2) is 0 Å². The number of hydrogen-bond acceptors (Lipinski definition) is 4. The number of ether oxygens (including phenoxy) is 2. The maximum atomic E-state index is 12.7. The second-order valence-electron chi connectivity index (χ2n) is 5.21. The summed E-state index contributed by atoms with van der Waals surface area (Å²) in [6.45, 7) is 3.39. The Bertz CT molecular complexity index is 490. The van der Waals surface area contributed by atoms with Crippen LogP contribution in [0.25, 0.3) is 0 Å². The Balaban J connectivity index is 2.25. The molecule has 1 fully saturated rings. The Labute approximate surface area is 119 Å². The van der Waals surface area contributed by atoms with Crippen LogP contribution in [0.4, 0.5) is 0 Å². The summed E-state index contributed by atoms with van der Waals surface area (Å²) in [6, 6.07) is 5.47. The molecule has 1 aromatic rings. The number of carbonyl (C=O) groups is 1. The van der Waals surface area contributed by atoms with E-state index in [1.165, 1.54) is 0 Å². The minimum absolute atomic E-state index is 0.00652. The molecule has 20 heavy (non-hydrogen) atoms. The highest BCUT2D eigenvalue weighted by Crippen LogP contribution is 2.29. The summed E-state index contributed by atoms with van der Waals surface area (Å²) < 4.78 is 10.5.